The van der Waals surface area contributed by atoms with Crippen molar-refractivity contribution in [3.05, 3.63) is 12.2 Å². The van der Waals surface area contributed by atoms with Crippen molar-refractivity contribution < 1.29 is 16.1 Å². The molecule has 44 valence electrons. The van der Waals surface area contributed by atoms with Crippen LogP contribution in [-0.2, 0) is 16.1 Å². The van der Waals surface area contributed by atoms with Gasteiger partial charge in [0.2, 0.25) is 0 Å². The summed E-state index contributed by atoms with van der Waals surface area (Å²) < 4.78 is 0.870. The van der Waals surface area contributed by atoms with E-state index in [2.05, 4.69) is 21.9 Å². The van der Waals surface area contributed by atoms with E-state index < -0.39 is 16.1 Å². The summed E-state index contributed by atoms with van der Waals surface area (Å²) >= 11 is 0.889. The molecule has 0 saturated carbocycles. The van der Waals surface area contributed by atoms with E-state index in [0.717, 1.165) is 4.51 Å². The van der Waals surface area contributed by atoms with Crippen molar-refractivity contribution >= 4 is 36.2 Å². The van der Waals surface area contributed by atoms with Crippen LogP contribution in [0.25, 0.3) is 0 Å². The van der Waals surface area contributed by atoms with Crippen LogP contribution in [0.5, 0.6) is 0 Å². The molecule has 0 spiro atoms. The van der Waals surface area contributed by atoms with Crippen molar-refractivity contribution in [2.75, 3.05) is 0 Å². The van der Waals surface area contributed by atoms with Gasteiger partial charge in [-0.3, -0.25) is 0 Å². The normalized spacial score (nSPS) is 22.4. The molecule has 1 rings (SSSR count). The second kappa shape index (κ2) is 7.65. The van der Waals surface area contributed by atoms with Crippen LogP contribution < -0.4 is 0 Å². The van der Waals surface area contributed by atoms with Gasteiger partial charge in [-0.05, 0) is 0 Å². The molecule has 4 heteroatoms. The molecule has 0 heterocycles. The first-order chi connectivity index (χ1) is 4.43. The summed E-state index contributed by atoms with van der Waals surface area (Å²) in [6, 6.07) is 0. The maximum absolute atomic E-state index is 5.74. The first-order valence-corrected chi connectivity index (χ1v) is 9.40. The van der Waals surface area contributed by atoms with Crippen LogP contribution in [0, 0.1) is 0 Å². The van der Waals surface area contributed by atoms with E-state index in [-0.39, 0.29) is 0 Å². The molecule has 0 saturated heterocycles. The van der Waals surface area contributed by atoms with Gasteiger partial charge in [-0.1, -0.05) is 0 Å². The van der Waals surface area contributed by atoms with Crippen molar-refractivity contribution in [3.63, 3.8) is 0 Å². The first-order valence-electron chi connectivity index (χ1n) is 3.04. The summed E-state index contributed by atoms with van der Waals surface area (Å²) in [6.45, 7) is 0. The third-order valence-electron chi connectivity index (χ3n) is 1.31. The molecule has 0 fully saturated rings. The van der Waals surface area contributed by atoms with Gasteiger partial charge in [-0.2, -0.15) is 0 Å². The Labute approximate surface area is 81.3 Å². The second-order valence-corrected chi connectivity index (χ2v) is 6.37. The number of hydrogen-bond donors (Lipinski definition) is 0. The van der Waals surface area contributed by atoms with Crippen molar-refractivity contribution in [2.24, 2.45) is 0 Å². The summed E-state index contributed by atoms with van der Waals surface area (Å²) in [5.41, 5.74) is 0. The molecule has 9 heavy (non-hydrogen) atoms. The predicted molar refractivity (Wildman–Crippen MR) is 39.6 cm³/mol. The molecule has 0 amide bonds. The molecule has 0 aliphatic heterocycles. The van der Waals surface area contributed by atoms with E-state index in [1.165, 1.54) is 29.6 Å². The maximum atomic E-state index is 5.74. The van der Waals surface area contributed by atoms with Gasteiger partial charge in [0.05, 0.1) is 0 Å². The van der Waals surface area contributed by atoms with Gasteiger partial charge in [-0.15, -0.1) is 0 Å². The minimum atomic E-state index is -0.583. The third-order valence-corrected chi connectivity index (χ3v) is 5.63. The van der Waals surface area contributed by atoms with Crippen molar-refractivity contribution in [3.8, 4) is 0 Å². The Hall–Kier alpha value is 1.54. The summed E-state index contributed by atoms with van der Waals surface area (Å²) in [5, 5.41) is 0. The van der Waals surface area contributed by atoms with Crippen LogP contribution in [0.4, 0.5) is 0 Å². The molecule has 1 aliphatic rings. The predicted octanol–water partition coefficient (Wildman–Crippen LogP) is 2.67. The molecule has 0 radical (unpaired) electrons. The van der Waals surface area contributed by atoms with E-state index >= 15 is 0 Å². The van der Waals surface area contributed by atoms with Gasteiger partial charge in [0, 0.05) is 0 Å². The van der Waals surface area contributed by atoms with E-state index in [0.29, 0.717) is 0 Å². The van der Waals surface area contributed by atoms with Gasteiger partial charge in [0.25, 0.3) is 0 Å². The molecular weight excluding hydrogens is 203 g/mol. The standard InChI is InChI=1S/C5H7.2ClH.Li.Zn/c1-2-4-5-3-1;;;;/h1-3H,4-5H2;2*1H;;/q;;;2*+1/p-2. The Bertz CT molecular complexity index is 87.0. The SMILES string of the molecule is [Cl][Zn][CH]1C=CCC1.[Li][Cl]. The Kier molecular flexibility index (Phi) is 8.95. The molecule has 0 aromatic carbocycles. The quantitative estimate of drug-likeness (QED) is 0.461. The topological polar surface area (TPSA) is 0 Å². The van der Waals surface area contributed by atoms with Gasteiger partial charge in [0.15, 0.2) is 0 Å². The Morgan fingerprint density at radius 2 is 2.22 bits per heavy atom. The van der Waals surface area contributed by atoms with Crippen LogP contribution in [0.2, 0.25) is 4.51 Å². The molecular formula is C5H7Cl2LiZn. The molecule has 0 aromatic heterocycles. The third kappa shape index (κ3) is 4.88. The number of allylic oxidation sites excluding steroid dienone is 2. The molecule has 1 unspecified atom stereocenters. The molecule has 1 atom stereocenters. The van der Waals surface area contributed by atoms with E-state index in [4.69, 9.17) is 9.69 Å². The van der Waals surface area contributed by atoms with E-state index in [9.17, 15) is 0 Å². The Balaban J connectivity index is 0.000000291. The van der Waals surface area contributed by atoms with Crippen LogP contribution >= 0.6 is 19.5 Å². The van der Waals surface area contributed by atoms with Crippen molar-refractivity contribution in [2.45, 2.75) is 17.4 Å². The average molecular weight is 210 g/mol. The van der Waals surface area contributed by atoms with Gasteiger partial charge in [0.1, 0.15) is 0 Å². The van der Waals surface area contributed by atoms with Crippen LogP contribution in [0.3, 0.4) is 0 Å². The second-order valence-electron chi connectivity index (χ2n) is 1.92. The average Bonchev–Trinajstić information content (AvgIpc) is 2.43. The zero-order valence-corrected chi connectivity index (χ0v) is 10.1. The molecule has 0 bridgehead atoms. The zero-order valence-electron chi connectivity index (χ0n) is 5.61. The van der Waals surface area contributed by atoms with Crippen LogP contribution in [0.15, 0.2) is 12.2 Å². The van der Waals surface area contributed by atoms with Crippen molar-refractivity contribution in [1.29, 1.82) is 0 Å². The fraction of sp³-hybridized carbons (Fsp3) is 0.600. The van der Waals surface area contributed by atoms with Gasteiger partial charge >= 0.3 is 81.9 Å². The molecule has 0 N–H and O–H groups in total. The summed E-state index contributed by atoms with van der Waals surface area (Å²) in [5.74, 6) is 0. The van der Waals surface area contributed by atoms with Gasteiger partial charge < -0.3 is 0 Å². The summed E-state index contributed by atoms with van der Waals surface area (Å²) in [4.78, 5) is 0. The van der Waals surface area contributed by atoms with Crippen LogP contribution in [0.1, 0.15) is 12.8 Å². The minimum absolute atomic E-state index is 0.583. The molecule has 1 aliphatic carbocycles. The van der Waals surface area contributed by atoms with E-state index in [1.54, 1.807) is 0 Å². The Morgan fingerprint density at radius 3 is 2.44 bits per heavy atom. The molecule has 0 nitrogen and oxygen atoms in total. The van der Waals surface area contributed by atoms with Crippen LogP contribution in [-0.4, -0.2) is 16.7 Å². The fourth-order valence-electron chi connectivity index (χ4n) is 0.824. The summed E-state index contributed by atoms with van der Waals surface area (Å²) in [7, 11) is 10.4. The zero-order chi connectivity index (χ0) is 7.11. The fourth-order valence-corrected chi connectivity index (χ4v) is 3.60. The van der Waals surface area contributed by atoms with Crippen molar-refractivity contribution in [1.82, 2.24) is 0 Å². The molecule has 0 aromatic rings. The Morgan fingerprint density at radius 1 is 1.56 bits per heavy atom. The monoisotopic (exact) mass is 208 g/mol. The summed E-state index contributed by atoms with van der Waals surface area (Å²) in [6.07, 6.45) is 7.16. The van der Waals surface area contributed by atoms with E-state index in [1.807, 2.05) is 0 Å². The first kappa shape index (κ1) is 10.5. The number of rotatable bonds is 1. The van der Waals surface area contributed by atoms with Gasteiger partial charge in [-0.25, -0.2) is 0 Å². The number of hydrogen-bond acceptors (Lipinski definition) is 0. The number of halogens is 2.